The van der Waals surface area contributed by atoms with Gasteiger partial charge in [-0.05, 0) is 12.8 Å². The molecule has 10 heavy (non-hydrogen) atoms. The van der Waals surface area contributed by atoms with Crippen LogP contribution in [-0.4, -0.2) is 30.6 Å². The van der Waals surface area contributed by atoms with E-state index in [1.54, 1.807) is 4.90 Å². The van der Waals surface area contributed by atoms with Crippen LogP contribution < -0.4 is 0 Å². The van der Waals surface area contributed by atoms with Crippen molar-refractivity contribution in [3.63, 3.8) is 0 Å². The smallest absolute Gasteiger partial charge is 0.222 e. The number of likely N-dealkylation sites (tertiary alicyclic amines) is 1. The second-order valence-corrected chi connectivity index (χ2v) is 2.53. The molecule has 3 heteroatoms. The quantitative estimate of drug-likeness (QED) is 0.565. The van der Waals surface area contributed by atoms with E-state index in [1.165, 1.54) is 0 Å². The molecule has 0 spiro atoms. The maximum absolute atomic E-state index is 11.8. The molecule has 0 unspecified atom stereocenters. The highest BCUT2D eigenvalue weighted by molar-refractivity contribution is 5.76. The molecular weight excluding hydrogens is 132 g/mol. The lowest BCUT2D eigenvalue weighted by atomic mass is 10.1. The van der Waals surface area contributed by atoms with Gasteiger partial charge >= 0.3 is 0 Å². The van der Waals surface area contributed by atoms with Crippen LogP contribution in [0.25, 0.3) is 0 Å². The monoisotopic (exact) mass is 144 g/mol. The third kappa shape index (κ3) is 1.69. The first kappa shape index (κ1) is 7.51. The Hall–Kier alpha value is -0.600. The first-order valence-electron chi connectivity index (χ1n) is 3.68. The van der Waals surface area contributed by atoms with Crippen LogP contribution in [0.15, 0.2) is 0 Å². The zero-order chi connectivity index (χ0) is 7.40. The number of rotatable bonds is 2. The van der Waals surface area contributed by atoms with Crippen molar-refractivity contribution < 1.29 is 9.18 Å². The molecule has 1 saturated heterocycles. The van der Waals surface area contributed by atoms with Crippen LogP contribution in [0, 0.1) is 0 Å². The summed E-state index contributed by atoms with van der Waals surface area (Å²) in [6.45, 7) is 0.632. The Morgan fingerprint density at radius 3 is 2.90 bits per heavy atom. The molecule has 1 fully saturated rings. The first-order valence-corrected chi connectivity index (χ1v) is 3.68. The summed E-state index contributed by atoms with van der Waals surface area (Å²) in [4.78, 5) is 12.5. The molecule has 0 saturated carbocycles. The van der Waals surface area contributed by atoms with Gasteiger partial charge in [-0.2, -0.15) is 0 Å². The number of carbonyl (C=O) groups is 1. The van der Waals surface area contributed by atoms with Crippen molar-refractivity contribution in [3.05, 3.63) is 0 Å². The van der Waals surface area contributed by atoms with E-state index in [-0.39, 0.29) is 5.91 Å². The molecule has 0 aromatic rings. The van der Waals surface area contributed by atoms with Gasteiger partial charge in [-0.3, -0.25) is 4.79 Å². The van der Waals surface area contributed by atoms with Gasteiger partial charge in [0, 0.05) is 19.5 Å². The number of carbonyl (C=O) groups excluding carboxylic acids is 1. The van der Waals surface area contributed by atoms with Gasteiger partial charge in [0.1, 0.15) is 6.67 Å². The number of hydrogen-bond donors (Lipinski definition) is 0. The van der Waals surface area contributed by atoms with E-state index in [1.807, 2.05) is 0 Å². The molecule has 1 amide bonds. The molecule has 0 N–H and O–H groups in total. The number of nitrogens with zero attached hydrogens (tertiary/aromatic N) is 1. The summed E-state index contributed by atoms with van der Waals surface area (Å²) >= 11 is 0. The Kier molecular flexibility index (Phi) is 2.66. The molecule has 1 aliphatic rings. The topological polar surface area (TPSA) is 20.3 Å². The molecule has 1 rings (SSSR count). The van der Waals surface area contributed by atoms with Crippen LogP contribution in [0.1, 0.15) is 19.3 Å². The van der Waals surface area contributed by atoms with Crippen LogP contribution in [0.5, 0.6) is 0 Å². The van der Waals surface area contributed by atoms with E-state index in [2.05, 4.69) is 0 Å². The van der Waals surface area contributed by atoms with Crippen molar-refractivity contribution in [1.82, 2.24) is 4.90 Å². The summed E-state index contributed by atoms with van der Waals surface area (Å²) in [6, 6.07) is 0. The summed E-state index contributed by atoms with van der Waals surface area (Å²) in [6.07, 6.45) is 2.62. The highest BCUT2D eigenvalue weighted by atomic mass is 18.2. The minimum atomic E-state index is -0.411. The molecule has 0 aromatic heterocycles. The fraction of sp³-hybridized carbons (Fsp3) is 0.857. The standard InChI is InChI=1S/C7H12FNO/c8-4-6-9-5-2-1-3-7(9)10/h1-6H2/i8-1. The third-order valence-electron chi connectivity index (χ3n) is 1.78. The lowest BCUT2D eigenvalue weighted by Gasteiger charge is -2.25. The van der Waals surface area contributed by atoms with E-state index in [0.717, 1.165) is 19.4 Å². The molecule has 0 aromatic carbocycles. The minimum Gasteiger partial charge on any atom is -0.340 e. The molecule has 0 aliphatic carbocycles. The zero-order valence-electron chi connectivity index (χ0n) is 5.98. The number of piperidine rings is 1. The van der Waals surface area contributed by atoms with Gasteiger partial charge in [0.15, 0.2) is 0 Å². The fourth-order valence-corrected chi connectivity index (χ4v) is 1.20. The van der Waals surface area contributed by atoms with Gasteiger partial charge < -0.3 is 4.90 Å². The summed E-state index contributed by atoms with van der Waals surface area (Å²) in [7, 11) is 0. The Balaban J connectivity index is 2.32. The van der Waals surface area contributed by atoms with Gasteiger partial charge in [0.25, 0.3) is 0 Å². The molecule has 0 radical (unpaired) electrons. The van der Waals surface area contributed by atoms with Gasteiger partial charge in [-0.15, -0.1) is 0 Å². The van der Waals surface area contributed by atoms with Crippen LogP contribution >= 0.6 is 0 Å². The second-order valence-electron chi connectivity index (χ2n) is 2.53. The number of halogens is 1. The van der Waals surface area contributed by atoms with Crippen LogP contribution in [0.3, 0.4) is 0 Å². The predicted octanol–water partition coefficient (Wildman–Crippen LogP) is 0.968. The van der Waals surface area contributed by atoms with Crippen molar-refractivity contribution >= 4 is 5.91 Å². The lowest BCUT2D eigenvalue weighted by Crippen LogP contribution is -2.36. The molecule has 0 atom stereocenters. The summed E-state index contributed by atoms with van der Waals surface area (Å²) in [5.74, 6) is 0.115. The van der Waals surface area contributed by atoms with Crippen LogP contribution in [-0.2, 0) is 4.79 Å². The van der Waals surface area contributed by atoms with E-state index >= 15 is 0 Å². The SMILES string of the molecule is O=C1CCCCN1CC[18F]. The molecule has 1 heterocycles. The van der Waals surface area contributed by atoms with Crippen LogP contribution in [0.2, 0.25) is 0 Å². The fourth-order valence-electron chi connectivity index (χ4n) is 1.20. The van der Waals surface area contributed by atoms with Crippen molar-refractivity contribution in [3.8, 4) is 0 Å². The summed E-state index contributed by atoms with van der Waals surface area (Å²) < 4.78 is 11.8. The summed E-state index contributed by atoms with van der Waals surface area (Å²) in [5.41, 5.74) is 0. The molecule has 58 valence electrons. The van der Waals surface area contributed by atoms with Gasteiger partial charge in [0.05, 0.1) is 0 Å². The number of alkyl halides is 1. The predicted molar refractivity (Wildman–Crippen MR) is 36.4 cm³/mol. The Labute approximate surface area is 60.0 Å². The highest BCUT2D eigenvalue weighted by Gasteiger charge is 2.16. The van der Waals surface area contributed by atoms with Crippen molar-refractivity contribution in [2.24, 2.45) is 0 Å². The largest absolute Gasteiger partial charge is 0.340 e. The Morgan fingerprint density at radius 2 is 2.30 bits per heavy atom. The van der Waals surface area contributed by atoms with Crippen molar-refractivity contribution in [2.45, 2.75) is 19.3 Å². The first-order chi connectivity index (χ1) is 4.84. The van der Waals surface area contributed by atoms with E-state index in [9.17, 15) is 9.18 Å². The second kappa shape index (κ2) is 3.54. The maximum Gasteiger partial charge on any atom is 0.222 e. The average molecular weight is 144 g/mol. The minimum absolute atomic E-state index is 0.115. The highest BCUT2D eigenvalue weighted by Crippen LogP contribution is 2.09. The van der Waals surface area contributed by atoms with Crippen molar-refractivity contribution in [1.29, 1.82) is 0 Å². The van der Waals surface area contributed by atoms with E-state index < -0.39 is 6.67 Å². The van der Waals surface area contributed by atoms with E-state index in [4.69, 9.17) is 0 Å². The maximum atomic E-state index is 11.8. The summed E-state index contributed by atoms with van der Waals surface area (Å²) in [5, 5.41) is 0. The molecule has 0 bridgehead atoms. The number of hydrogen-bond acceptors (Lipinski definition) is 1. The van der Waals surface area contributed by atoms with Gasteiger partial charge in [-0.1, -0.05) is 0 Å². The van der Waals surface area contributed by atoms with Crippen molar-refractivity contribution in [2.75, 3.05) is 19.8 Å². The van der Waals surface area contributed by atoms with Crippen LogP contribution in [0.4, 0.5) is 4.39 Å². The van der Waals surface area contributed by atoms with E-state index in [0.29, 0.717) is 13.0 Å². The van der Waals surface area contributed by atoms with Gasteiger partial charge in [0.2, 0.25) is 5.91 Å². The Bertz CT molecular complexity index is 125. The number of amides is 1. The Morgan fingerprint density at radius 1 is 1.50 bits per heavy atom. The zero-order valence-corrected chi connectivity index (χ0v) is 5.98. The normalized spacial score (nSPS) is 19.7. The molecule has 2 nitrogen and oxygen atoms in total. The lowest BCUT2D eigenvalue weighted by molar-refractivity contribution is -0.133. The van der Waals surface area contributed by atoms with Gasteiger partial charge in [-0.25, -0.2) is 4.39 Å². The molecular formula is C7H12FNO. The molecule has 1 aliphatic heterocycles. The average Bonchev–Trinajstić information content (AvgIpc) is 1.94. The third-order valence-corrected chi connectivity index (χ3v) is 1.78.